The highest BCUT2D eigenvalue weighted by molar-refractivity contribution is 5.88. The fraction of sp³-hybridized carbons (Fsp3) is 0.389. The number of aryl methyl sites for hydroxylation is 1. The number of halogens is 1. The monoisotopic (exact) mass is 342 g/mol. The first kappa shape index (κ1) is 15.8. The van der Waals surface area contributed by atoms with E-state index in [9.17, 15) is 14.0 Å². The number of urea groups is 1. The Kier molecular flexibility index (Phi) is 3.78. The van der Waals surface area contributed by atoms with Crippen LogP contribution in [0.3, 0.4) is 0 Å². The van der Waals surface area contributed by atoms with Gasteiger partial charge in [0, 0.05) is 26.2 Å². The minimum atomic E-state index is -0.218. The lowest BCUT2D eigenvalue weighted by molar-refractivity contribution is 0.214. The van der Waals surface area contributed by atoms with Gasteiger partial charge in [-0.05, 0) is 47.9 Å². The zero-order chi connectivity index (χ0) is 17.6. The van der Waals surface area contributed by atoms with Crippen LogP contribution in [0.25, 0.3) is 0 Å². The third-order valence-corrected chi connectivity index (χ3v) is 5.24. The van der Waals surface area contributed by atoms with Crippen molar-refractivity contribution in [3.8, 4) is 0 Å². The van der Waals surface area contributed by atoms with Crippen molar-refractivity contribution in [2.24, 2.45) is 24.8 Å². The SMILES string of the molecule is Cn1nc(NC(=O)N2CC3C(Cc4ccc(F)cc4)C3C2)ccc1=O. The molecule has 0 bridgehead atoms. The van der Waals surface area contributed by atoms with E-state index in [1.807, 2.05) is 12.1 Å². The number of likely N-dealkylation sites (tertiary alicyclic amines) is 1. The number of hydrogen-bond acceptors (Lipinski definition) is 3. The summed E-state index contributed by atoms with van der Waals surface area (Å²) in [4.78, 5) is 25.4. The molecule has 6 nitrogen and oxygen atoms in total. The van der Waals surface area contributed by atoms with Crippen LogP contribution < -0.4 is 10.9 Å². The van der Waals surface area contributed by atoms with Crippen LogP contribution >= 0.6 is 0 Å². The summed E-state index contributed by atoms with van der Waals surface area (Å²) >= 11 is 0. The Morgan fingerprint density at radius 1 is 1.20 bits per heavy atom. The minimum absolute atomic E-state index is 0.182. The molecule has 1 aliphatic carbocycles. The highest BCUT2D eigenvalue weighted by atomic mass is 19.1. The first-order chi connectivity index (χ1) is 12.0. The van der Waals surface area contributed by atoms with Gasteiger partial charge in [-0.15, -0.1) is 0 Å². The fourth-order valence-corrected chi connectivity index (χ4v) is 3.77. The molecule has 4 rings (SSSR count). The molecule has 1 aliphatic heterocycles. The second kappa shape index (κ2) is 5.98. The van der Waals surface area contributed by atoms with Crippen molar-refractivity contribution in [2.75, 3.05) is 18.4 Å². The average Bonchev–Trinajstić information content (AvgIpc) is 3.03. The topological polar surface area (TPSA) is 67.2 Å². The van der Waals surface area contributed by atoms with Crippen LogP contribution in [0.15, 0.2) is 41.2 Å². The number of hydrogen-bond donors (Lipinski definition) is 1. The van der Waals surface area contributed by atoms with Gasteiger partial charge in [0.15, 0.2) is 5.82 Å². The molecule has 1 aromatic carbocycles. The summed E-state index contributed by atoms with van der Waals surface area (Å²) in [5.41, 5.74) is 0.926. The highest BCUT2D eigenvalue weighted by Gasteiger charge is 2.56. The Balaban J connectivity index is 1.31. The second-order valence-corrected chi connectivity index (χ2v) is 6.84. The highest BCUT2D eigenvalue weighted by Crippen LogP contribution is 2.53. The van der Waals surface area contributed by atoms with Gasteiger partial charge < -0.3 is 4.90 Å². The number of aromatic nitrogens is 2. The predicted octanol–water partition coefficient (Wildman–Crippen LogP) is 1.87. The molecule has 130 valence electrons. The van der Waals surface area contributed by atoms with Crippen molar-refractivity contribution in [3.05, 3.63) is 58.1 Å². The summed E-state index contributed by atoms with van der Waals surface area (Å²) in [6, 6.07) is 9.36. The van der Waals surface area contributed by atoms with Gasteiger partial charge in [0.05, 0.1) is 0 Å². The molecule has 7 heteroatoms. The summed E-state index contributed by atoms with van der Waals surface area (Å²) in [5, 5.41) is 6.75. The molecule has 2 unspecified atom stereocenters. The van der Waals surface area contributed by atoms with E-state index in [2.05, 4.69) is 10.4 Å². The van der Waals surface area contributed by atoms with E-state index in [0.717, 1.165) is 25.1 Å². The number of amides is 2. The maximum Gasteiger partial charge on any atom is 0.323 e. The number of carbonyl (C=O) groups excluding carboxylic acids is 1. The van der Waals surface area contributed by atoms with Gasteiger partial charge in [0.1, 0.15) is 5.82 Å². The molecule has 2 heterocycles. The molecule has 2 amide bonds. The van der Waals surface area contributed by atoms with Crippen molar-refractivity contribution >= 4 is 11.8 Å². The van der Waals surface area contributed by atoms with Gasteiger partial charge in [-0.25, -0.2) is 13.9 Å². The summed E-state index contributed by atoms with van der Waals surface area (Å²) < 4.78 is 14.2. The van der Waals surface area contributed by atoms with Crippen LogP contribution in [-0.2, 0) is 13.5 Å². The first-order valence-corrected chi connectivity index (χ1v) is 8.36. The average molecular weight is 342 g/mol. The molecule has 2 atom stereocenters. The van der Waals surface area contributed by atoms with E-state index >= 15 is 0 Å². The lowest BCUT2D eigenvalue weighted by Crippen LogP contribution is -2.36. The first-order valence-electron chi connectivity index (χ1n) is 8.36. The Morgan fingerprint density at radius 2 is 1.88 bits per heavy atom. The third-order valence-electron chi connectivity index (χ3n) is 5.24. The van der Waals surface area contributed by atoms with Gasteiger partial charge in [-0.1, -0.05) is 12.1 Å². The quantitative estimate of drug-likeness (QED) is 0.926. The maximum atomic E-state index is 13.0. The third kappa shape index (κ3) is 3.14. The molecule has 0 spiro atoms. The Morgan fingerprint density at radius 3 is 2.52 bits per heavy atom. The van der Waals surface area contributed by atoms with Crippen molar-refractivity contribution in [3.63, 3.8) is 0 Å². The number of nitrogens with zero attached hydrogens (tertiary/aromatic N) is 3. The fourth-order valence-electron chi connectivity index (χ4n) is 3.77. The smallest absolute Gasteiger partial charge is 0.323 e. The molecule has 2 aliphatic rings. The second-order valence-electron chi connectivity index (χ2n) is 6.84. The summed E-state index contributed by atoms with van der Waals surface area (Å²) in [7, 11) is 1.54. The number of benzene rings is 1. The van der Waals surface area contributed by atoms with Crippen LogP contribution in [0.2, 0.25) is 0 Å². The number of nitrogens with one attached hydrogen (secondary N) is 1. The van der Waals surface area contributed by atoms with Crippen molar-refractivity contribution < 1.29 is 9.18 Å². The number of carbonyl (C=O) groups is 1. The van der Waals surface area contributed by atoms with Crippen LogP contribution in [0.4, 0.5) is 15.0 Å². The van der Waals surface area contributed by atoms with Crippen molar-refractivity contribution in [1.29, 1.82) is 0 Å². The van der Waals surface area contributed by atoms with Crippen LogP contribution in [0, 0.1) is 23.6 Å². The van der Waals surface area contributed by atoms with Gasteiger partial charge in [0.2, 0.25) is 0 Å². The molecule has 1 N–H and O–H groups in total. The molecular formula is C18H19FN4O2. The maximum absolute atomic E-state index is 13.0. The molecule has 1 saturated carbocycles. The van der Waals surface area contributed by atoms with E-state index in [1.165, 1.54) is 28.9 Å². The van der Waals surface area contributed by atoms with Crippen molar-refractivity contribution in [1.82, 2.24) is 14.7 Å². The Hall–Kier alpha value is -2.70. The van der Waals surface area contributed by atoms with E-state index in [1.54, 1.807) is 11.9 Å². The zero-order valence-electron chi connectivity index (χ0n) is 13.9. The normalized spacial score (nSPS) is 24.1. The predicted molar refractivity (Wildman–Crippen MR) is 90.6 cm³/mol. The number of piperidine rings is 1. The number of fused-ring (bicyclic) bond motifs is 1. The molecule has 1 aromatic heterocycles. The Bertz CT molecular complexity index is 852. The standard InChI is InChI=1S/C18H19FN4O2/c1-22-17(24)7-6-16(21-22)20-18(25)23-9-14-13(15(14)10-23)8-11-2-4-12(19)5-3-11/h2-7,13-15H,8-10H2,1H3,(H,20,21,25). The van der Waals surface area contributed by atoms with Gasteiger partial charge in [-0.2, -0.15) is 5.10 Å². The van der Waals surface area contributed by atoms with Crippen LogP contribution in [0.1, 0.15) is 5.56 Å². The summed E-state index contributed by atoms with van der Waals surface area (Å²) in [5.74, 6) is 1.77. The molecule has 0 radical (unpaired) electrons. The largest absolute Gasteiger partial charge is 0.324 e. The Labute approximate surface area is 144 Å². The van der Waals surface area contributed by atoms with E-state index in [-0.39, 0.29) is 17.4 Å². The van der Waals surface area contributed by atoms with Crippen LogP contribution in [0.5, 0.6) is 0 Å². The van der Waals surface area contributed by atoms with E-state index in [0.29, 0.717) is 23.6 Å². The lowest BCUT2D eigenvalue weighted by atomic mass is 10.1. The molecular weight excluding hydrogens is 323 g/mol. The molecule has 2 aromatic rings. The molecule has 1 saturated heterocycles. The lowest BCUT2D eigenvalue weighted by Gasteiger charge is -2.20. The molecule has 25 heavy (non-hydrogen) atoms. The van der Waals surface area contributed by atoms with Gasteiger partial charge in [-0.3, -0.25) is 10.1 Å². The number of rotatable bonds is 3. The summed E-state index contributed by atoms with van der Waals surface area (Å²) in [6.07, 6.45) is 0.938. The van der Waals surface area contributed by atoms with Gasteiger partial charge >= 0.3 is 6.03 Å². The minimum Gasteiger partial charge on any atom is -0.324 e. The number of anilines is 1. The van der Waals surface area contributed by atoms with Crippen molar-refractivity contribution in [2.45, 2.75) is 6.42 Å². The van der Waals surface area contributed by atoms with Gasteiger partial charge in [0.25, 0.3) is 5.56 Å². The molecule has 2 fully saturated rings. The summed E-state index contributed by atoms with van der Waals surface area (Å²) in [6.45, 7) is 1.46. The van der Waals surface area contributed by atoms with E-state index in [4.69, 9.17) is 0 Å². The van der Waals surface area contributed by atoms with Crippen LogP contribution in [-0.4, -0.2) is 33.8 Å². The van der Waals surface area contributed by atoms with E-state index < -0.39 is 0 Å². The zero-order valence-corrected chi connectivity index (χ0v) is 13.9.